The molecule has 2 aliphatic rings. The zero-order valence-electron chi connectivity index (χ0n) is 10.4. The first-order valence-corrected chi connectivity index (χ1v) is 6.45. The number of hydrogen-bond donors (Lipinski definition) is 1. The highest BCUT2D eigenvalue weighted by atomic mass is 16.5. The molecular weight excluding hydrogens is 230 g/mol. The van der Waals surface area contributed by atoms with Gasteiger partial charge >= 0.3 is 0 Å². The quantitative estimate of drug-likeness (QED) is 0.867. The molecule has 0 radical (unpaired) electrons. The summed E-state index contributed by atoms with van der Waals surface area (Å²) in [6, 6.07) is 5.38. The van der Waals surface area contributed by atoms with Crippen molar-refractivity contribution in [1.29, 1.82) is 0 Å². The first kappa shape index (κ1) is 11.4. The fourth-order valence-corrected chi connectivity index (χ4v) is 1.71. The summed E-state index contributed by atoms with van der Waals surface area (Å²) >= 11 is 0. The van der Waals surface area contributed by atoms with Crippen LogP contribution in [0.1, 0.15) is 36.0 Å². The molecular formula is C14H17NO3. The minimum Gasteiger partial charge on any atom is -0.487 e. The fourth-order valence-electron chi connectivity index (χ4n) is 1.71. The van der Waals surface area contributed by atoms with Crippen molar-refractivity contribution in [2.75, 3.05) is 7.05 Å². The van der Waals surface area contributed by atoms with Crippen molar-refractivity contribution in [3.8, 4) is 11.5 Å². The van der Waals surface area contributed by atoms with Crippen LogP contribution in [0, 0.1) is 0 Å². The Morgan fingerprint density at radius 2 is 1.72 bits per heavy atom. The molecule has 2 saturated carbocycles. The van der Waals surface area contributed by atoms with Crippen LogP contribution in [0.25, 0.3) is 0 Å². The lowest BCUT2D eigenvalue weighted by atomic mass is 10.2. The number of rotatable bonds is 5. The highest BCUT2D eigenvalue weighted by Crippen LogP contribution is 2.37. The van der Waals surface area contributed by atoms with Crippen molar-refractivity contribution in [3.63, 3.8) is 0 Å². The highest BCUT2D eigenvalue weighted by Gasteiger charge is 2.28. The third-order valence-corrected chi connectivity index (χ3v) is 3.07. The number of hydrogen-bond acceptors (Lipinski definition) is 3. The Morgan fingerprint density at radius 1 is 1.11 bits per heavy atom. The fraction of sp³-hybridized carbons (Fsp3) is 0.500. The van der Waals surface area contributed by atoms with Gasteiger partial charge in [0.15, 0.2) is 11.5 Å². The van der Waals surface area contributed by atoms with Gasteiger partial charge in [0.05, 0.1) is 12.2 Å². The van der Waals surface area contributed by atoms with Gasteiger partial charge in [0.1, 0.15) is 0 Å². The van der Waals surface area contributed by atoms with E-state index in [0.29, 0.717) is 23.5 Å². The van der Waals surface area contributed by atoms with Gasteiger partial charge in [0, 0.05) is 12.6 Å². The zero-order valence-corrected chi connectivity index (χ0v) is 10.4. The van der Waals surface area contributed by atoms with Gasteiger partial charge < -0.3 is 14.8 Å². The molecule has 0 aliphatic heterocycles. The van der Waals surface area contributed by atoms with Crippen LogP contribution in [0.4, 0.5) is 0 Å². The molecule has 2 fully saturated rings. The molecule has 3 rings (SSSR count). The average molecular weight is 247 g/mol. The van der Waals surface area contributed by atoms with E-state index in [2.05, 4.69) is 5.32 Å². The molecule has 1 amide bonds. The summed E-state index contributed by atoms with van der Waals surface area (Å²) in [6.07, 6.45) is 5.03. The third-order valence-electron chi connectivity index (χ3n) is 3.07. The van der Waals surface area contributed by atoms with Crippen LogP contribution < -0.4 is 14.8 Å². The Balaban J connectivity index is 1.84. The summed E-state index contributed by atoms with van der Waals surface area (Å²) < 4.78 is 11.6. The molecule has 0 saturated heterocycles. The number of nitrogens with one attached hydrogen (secondary N) is 1. The van der Waals surface area contributed by atoms with Gasteiger partial charge in [-0.1, -0.05) is 0 Å². The molecule has 4 nitrogen and oxygen atoms in total. The van der Waals surface area contributed by atoms with Gasteiger partial charge in [-0.05, 0) is 43.9 Å². The third kappa shape index (κ3) is 2.58. The number of ether oxygens (including phenoxy) is 2. The van der Waals surface area contributed by atoms with Crippen molar-refractivity contribution in [2.24, 2.45) is 0 Å². The van der Waals surface area contributed by atoms with Crippen molar-refractivity contribution >= 4 is 5.91 Å². The SMILES string of the molecule is CNC(=O)c1ccc(OC2CC2)c(OC2CC2)c1. The smallest absolute Gasteiger partial charge is 0.251 e. The molecule has 96 valence electrons. The maximum absolute atomic E-state index is 11.6. The van der Waals surface area contributed by atoms with Gasteiger partial charge in [-0.25, -0.2) is 0 Å². The van der Waals surface area contributed by atoms with E-state index >= 15 is 0 Å². The second-order valence-electron chi connectivity index (χ2n) is 4.88. The van der Waals surface area contributed by atoms with Crippen molar-refractivity contribution in [1.82, 2.24) is 5.32 Å². The Bertz CT molecular complexity index is 464. The predicted molar refractivity (Wildman–Crippen MR) is 67.1 cm³/mol. The Hall–Kier alpha value is -1.71. The Morgan fingerprint density at radius 3 is 2.28 bits per heavy atom. The minimum absolute atomic E-state index is 0.103. The van der Waals surface area contributed by atoms with E-state index in [0.717, 1.165) is 31.4 Å². The molecule has 0 aromatic heterocycles. The number of benzene rings is 1. The van der Waals surface area contributed by atoms with Crippen LogP contribution >= 0.6 is 0 Å². The van der Waals surface area contributed by atoms with Gasteiger partial charge in [0.25, 0.3) is 5.91 Å². The lowest BCUT2D eigenvalue weighted by Gasteiger charge is -2.13. The molecule has 1 aromatic rings. The highest BCUT2D eigenvalue weighted by molar-refractivity contribution is 5.94. The van der Waals surface area contributed by atoms with E-state index in [1.165, 1.54) is 0 Å². The van der Waals surface area contributed by atoms with Crippen molar-refractivity contribution < 1.29 is 14.3 Å². The molecule has 0 atom stereocenters. The molecule has 0 unspecified atom stereocenters. The summed E-state index contributed by atoms with van der Waals surface area (Å²) in [5.74, 6) is 1.36. The summed E-state index contributed by atoms with van der Waals surface area (Å²) in [5.41, 5.74) is 0.608. The zero-order chi connectivity index (χ0) is 12.5. The second-order valence-corrected chi connectivity index (χ2v) is 4.88. The largest absolute Gasteiger partial charge is 0.487 e. The summed E-state index contributed by atoms with van der Waals surface area (Å²) in [5, 5.41) is 2.61. The van der Waals surface area contributed by atoms with E-state index in [-0.39, 0.29) is 5.91 Å². The number of carbonyl (C=O) groups excluding carboxylic acids is 1. The topological polar surface area (TPSA) is 47.6 Å². The molecule has 0 heterocycles. The average Bonchev–Trinajstić information content (AvgIpc) is 3.25. The summed E-state index contributed by atoms with van der Waals surface area (Å²) in [4.78, 5) is 11.6. The first-order chi connectivity index (χ1) is 8.76. The van der Waals surface area contributed by atoms with Crippen LogP contribution in [0.15, 0.2) is 18.2 Å². The minimum atomic E-state index is -0.103. The van der Waals surface area contributed by atoms with Gasteiger partial charge in [-0.3, -0.25) is 4.79 Å². The normalized spacial score (nSPS) is 18.3. The maximum atomic E-state index is 11.6. The lowest BCUT2D eigenvalue weighted by Crippen LogP contribution is -2.18. The van der Waals surface area contributed by atoms with Gasteiger partial charge in [-0.2, -0.15) is 0 Å². The lowest BCUT2D eigenvalue weighted by molar-refractivity contribution is 0.0962. The van der Waals surface area contributed by atoms with Crippen LogP contribution in [0.3, 0.4) is 0 Å². The number of amides is 1. The molecule has 2 aliphatic carbocycles. The van der Waals surface area contributed by atoms with Crippen molar-refractivity contribution in [2.45, 2.75) is 37.9 Å². The molecule has 0 spiro atoms. The maximum Gasteiger partial charge on any atom is 0.251 e. The van der Waals surface area contributed by atoms with Gasteiger partial charge in [0.2, 0.25) is 0 Å². The molecule has 4 heteroatoms. The first-order valence-electron chi connectivity index (χ1n) is 6.45. The van der Waals surface area contributed by atoms with Gasteiger partial charge in [-0.15, -0.1) is 0 Å². The summed E-state index contributed by atoms with van der Waals surface area (Å²) in [6.45, 7) is 0. The predicted octanol–water partition coefficient (Wildman–Crippen LogP) is 2.13. The van der Waals surface area contributed by atoms with Crippen LogP contribution in [-0.2, 0) is 0 Å². The Labute approximate surface area is 106 Å². The van der Waals surface area contributed by atoms with Crippen molar-refractivity contribution in [3.05, 3.63) is 23.8 Å². The molecule has 1 aromatic carbocycles. The van der Waals surface area contributed by atoms with E-state index in [1.807, 2.05) is 6.07 Å². The molecule has 18 heavy (non-hydrogen) atoms. The second kappa shape index (κ2) is 4.52. The monoisotopic (exact) mass is 247 g/mol. The Kier molecular flexibility index (Phi) is 2.86. The van der Waals surface area contributed by atoms with Crippen LogP contribution in [0.2, 0.25) is 0 Å². The van der Waals surface area contributed by atoms with E-state index in [9.17, 15) is 4.79 Å². The number of carbonyl (C=O) groups is 1. The molecule has 0 bridgehead atoms. The van der Waals surface area contributed by atoms with Crippen LogP contribution in [-0.4, -0.2) is 25.2 Å². The van der Waals surface area contributed by atoms with Crippen LogP contribution in [0.5, 0.6) is 11.5 Å². The summed E-state index contributed by atoms with van der Waals surface area (Å²) in [7, 11) is 1.62. The van der Waals surface area contributed by atoms with E-state index in [1.54, 1.807) is 19.2 Å². The van der Waals surface area contributed by atoms with E-state index in [4.69, 9.17) is 9.47 Å². The standard InChI is InChI=1S/C14H17NO3/c1-15-14(16)9-2-7-12(17-10-3-4-10)13(8-9)18-11-5-6-11/h2,7-8,10-11H,3-6H2,1H3,(H,15,16). The van der Waals surface area contributed by atoms with E-state index < -0.39 is 0 Å². The molecule has 1 N–H and O–H groups in total.